The minimum absolute atomic E-state index is 0.246. The molecule has 0 saturated carbocycles. The highest BCUT2D eigenvalue weighted by atomic mass is 35.5. The number of hydrogen-bond donors (Lipinski definition) is 1. The van der Waals surface area contributed by atoms with Crippen molar-refractivity contribution in [2.24, 2.45) is 0 Å². The highest BCUT2D eigenvalue weighted by Crippen LogP contribution is 2.27. The normalized spacial score (nSPS) is 14.4. The molecule has 1 amide bonds. The fourth-order valence-corrected chi connectivity index (χ4v) is 4.80. The van der Waals surface area contributed by atoms with Gasteiger partial charge in [0.05, 0.1) is 11.9 Å². The Morgan fingerprint density at radius 3 is 2.20 bits per heavy atom. The van der Waals surface area contributed by atoms with Crippen molar-refractivity contribution in [3.63, 3.8) is 0 Å². The number of hydrogen-bond acceptors (Lipinski definition) is 4. The summed E-state index contributed by atoms with van der Waals surface area (Å²) in [6.45, 7) is 2.10. The van der Waals surface area contributed by atoms with E-state index in [9.17, 15) is 13.2 Å². The number of halogens is 2. The average molecular weight is 470 g/mol. The van der Waals surface area contributed by atoms with Gasteiger partial charge in [0.1, 0.15) is 6.54 Å². The van der Waals surface area contributed by atoms with Crippen LogP contribution in [0.15, 0.2) is 42.5 Å². The number of nitrogens with one attached hydrogen (secondary N) is 1. The Balaban J connectivity index is 1.61. The van der Waals surface area contributed by atoms with Crippen LogP contribution in [0.4, 0.5) is 11.4 Å². The van der Waals surface area contributed by atoms with E-state index in [0.29, 0.717) is 16.6 Å². The van der Waals surface area contributed by atoms with Crippen LogP contribution in [0.2, 0.25) is 10.0 Å². The second-order valence-electron chi connectivity index (χ2n) is 7.39. The van der Waals surface area contributed by atoms with Crippen LogP contribution in [0.1, 0.15) is 24.8 Å². The molecule has 3 rings (SSSR count). The first-order chi connectivity index (χ1) is 14.2. The fourth-order valence-electron chi connectivity index (χ4n) is 3.45. The molecule has 2 aromatic rings. The molecule has 1 fully saturated rings. The van der Waals surface area contributed by atoms with E-state index < -0.39 is 15.9 Å². The Bertz CT molecular complexity index is 971. The number of benzene rings is 2. The van der Waals surface area contributed by atoms with Crippen molar-refractivity contribution in [3.05, 3.63) is 58.1 Å². The van der Waals surface area contributed by atoms with E-state index in [-0.39, 0.29) is 12.2 Å². The van der Waals surface area contributed by atoms with Crippen molar-refractivity contribution in [2.45, 2.75) is 25.8 Å². The van der Waals surface area contributed by atoms with Crippen LogP contribution in [0.5, 0.6) is 0 Å². The van der Waals surface area contributed by atoms with Gasteiger partial charge in [0.15, 0.2) is 0 Å². The molecule has 1 N–H and O–H groups in total. The minimum atomic E-state index is -3.70. The van der Waals surface area contributed by atoms with Crippen molar-refractivity contribution in [2.75, 3.05) is 35.1 Å². The van der Waals surface area contributed by atoms with Crippen molar-refractivity contribution in [1.29, 1.82) is 0 Å². The molecule has 162 valence electrons. The van der Waals surface area contributed by atoms with Gasteiger partial charge in [-0.05, 0) is 55.2 Å². The fraction of sp³-hybridized carbons (Fsp3) is 0.381. The zero-order valence-electron chi connectivity index (χ0n) is 16.8. The van der Waals surface area contributed by atoms with Crippen LogP contribution in [-0.2, 0) is 21.4 Å². The molecule has 2 aromatic carbocycles. The standard InChI is InChI=1S/C21H25Cl2N3O3S/c1-30(28,29)26(20-12-17(22)11-18(23)13-20)15-21(27)24-14-16-5-7-19(8-6-16)25-9-3-2-4-10-25/h5-8,11-13H,2-4,9-10,14-15H2,1H3,(H,24,27). The van der Waals surface area contributed by atoms with E-state index in [1.165, 1.54) is 43.1 Å². The van der Waals surface area contributed by atoms with Gasteiger partial charge in [0.25, 0.3) is 0 Å². The number of amides is 1. The van der Waals surface area contributed by atoms with Crippen LogP contribution in [0, 0.1) is 0 Å². The van der Waals surface area contributed by atoms with E-state index in [1.807, 2.05) is 12.1 Å². The highest BCUT2D eigenvalue weighted by molar-refractivity contribution is 7.92. The van der Waals surface area contributed by atoms with Crippen molar-refractivity contribution >= 4 is 50.5 Å². The van der Waals surface area contributed by atoms with Gasteiger partial charge in [-0.3, -0.25) is 9.10 Å². The third kappa shape index (κ3) is 6.27. The third-order valence-corrected chi connectivity index (χ3v) is 6.55. The molecule has 1 aliphatic rings. The van der Waals surface area contributed by atoms with Crippen molar-refractivity contribution in [1.82, 2.24) is 5.32 Å². The van der Waals surface area contributed by atoms with Gasteiger partial charge in [-0.15, -0.1) is 0 Å². The lowest BCUT2D eigenvalue weighted by Gasteiger charge is -2.28. The highest BCUT2D eigenvalue weighted by Gasteiger charge is 2.21. The maximum atomic E-state index is 12.4. The summed E-state index contributed by atoms with van der Waals surface area (Å²) in [6, 6.07) is 12.5. The van der Waals surface area contributed by atoms with Crippen molar-refractivity contribution in [3.8, 4) is 0 Å². The molecular weight excluding hydrogens is 445 g/mol. The molecule has 0 radical (unpaired) electrons. The van der Waals surface area contributed by atoms with Gasteiger partial charge in [-0.1, -0.05) is 35.3 Å². The second kappa shape index (κ2) is 9.90. The lowest BCUT2D eigenvalue weighted by atomic mass is 10.1. The molecular formula is C21H25Cl2N3O3S. The van der Waals surface area contributed by atoms with E-state index in [0.717, 1.165) is 29.2 Å². The Morgan fingerprint density at radius 1 is 1.03 bits per heavy atom. The SMILES string of the molecule is CS(=O)(=O)N(CC(=O)NCc1ccc(N2CCCCC2)cc1)c1cc(Cl)cc(Cl)c1. The van der Waals surface area contributed by atoms with E-state index >= 15 is 0 Å². The van der Waals surface area contributed by atoms with E-state index in [2.05, 4.69) is 22.3 Å². The maximum absolute atomic E-state index is 12.4. The number of piperidine rings is 1. The van der Waals surface area contributed by atoms with Crippen LogP contribution >= 0.6 is 23.2 Å². The second-order valence-corrected chi connectivity index (χ2v) is 10.2. The largest absolute Gasteiger partial charge is 0.372 e. The van der Waals surface area contributed by atoms with E-state index in [1.54, 1.807) is 0 Å². The zero-order chi connectivity index (χ0) is 21.7. The smallest absolute Gasteiger partial charge is 0.241 e. The van der Waals surface area contributed by atoms with Crippen molar-refractivity contribution < 1.29 is 13.2 Å². The first kappa shape index (κ1) is 22.7. The molecule has 1 heterocycles. The molecule has 0 atom stereocenters. The maximum Gasteiger partial charge on any atom is 0.241 e. The molecule has 6 nitrogen and oxygen atoms in total. The van der Waals surface area contributed by atoms with Gasteiger partial charge in [-0.2, -0.15) is 0 Å². The summed E-state index contributed by atoms with van der Waals surface area (Å²) in [6.07, 6.45) is 4.75. The number of nitrogens with zero attached hydrogens (tertiary/aromatic N) is 2. The van der Waals surface area contributed by atoms with Crippen LogP contribution in [-0.4, -0.2) is 40.2 Å². The predicted molar refractivity (Wildman–Crippen MR) is 123 cm³/mol. The van der Waals surface area contributed by atoms with Crippen LogP contribution in [0.25, 0.3) is 0 Å². The zero-order valence-corrected chi connectivity index (χ0v) is 19.1. The topological polar surface area (TPSA) is 69.7 Å². The molecule has 0 bridgehead atoms. The summed E-state index contributed by atoms with van der Waals surface area (Å²) < 4.78 is 25.4. The Hall–Kier alpha value is -1.96. The number of anilines is 2. The Labute approximate surface area is 187 Å². The molecule has 0 spiro atoms. The molecule has 1 saturated heterocycles. The quantitative estimate of drug-likeness (QED) is 0.663. The summed E-state index contributed by atoms with van der Waals surface area (Å²) in [5.74, 6) is -0.420. The monoisotopic (exact) mass is 469 g/mol. The van der Waals surface area contributed by atoms with Gasteiger partial charge in [-0.25, -0.2) is 8.42 Å². The van der Waals surface area contributed by atoms with E-state index in [4.69, 9.17) is 23.2 Å². The molecule has 30 heavy (non-hydrogen) atoms. The molecule has 0 aliphatic carbocycles. The summed E-state index contributed by atoms with van der Waals surface area (Å²) in [4.78, 5) is 14.8. The number of sulfonamides is 1. The molecule has 9 heteroatoms. The summed E-state index contributed by atoms with van der Waals surface area (Å²) in [5, 5.41) is 3.36. The molecule has 0 unspecified atom stereocenters. The predicted octanol–water partition coefficient (Wildman–Crippen LogP) is 4.07. The minimum Gasteiger partial charge on any atom is -0.372 e. The first-order valence-corrected chi connectivity index (χ1v) is 12.4. The van der Waals surface area contributed by atoms with Gasteiger partial charge in [0.2, 0.25) is 15.9 Å². The summed E-state index contributed by atoms with van der Waals surface area (Å²) in [5.41, 5.74) is 2.38. The number of rotatable bonds is 7. The van der Waals surface area contributed by atoms with Gasteiger partial charge < -0.3 is 10.2 Å². The lowest BCUT2D eigenvalue weighted by molar-refractivity contribution is -0.119. The number of carbonyl (C=O) groups excluding carboxylic acids is 1. The Morgan fingerprint density at radius 2 is 1.63 bits per heavy atom. The summed E-state index contributed by atoms with van der Waals surface area (Å²) >= 11 is 12.0. The van der Waals surface area contributed by atoms with Gasteiger partial charge >= 0.3 is 0 Å². The van der Waals surface area contributed by atoms with Gasteiger partial charge in [0, 0.05) is 35.4 Å². The molecule has 1 aliphatic heterocycles. The van der Waals surface area contributed by atoms with Crippen LogP contribution in [0.3, 0.4) is 0 Å². The summed E-state index contributed by atoms with van der Waals surface area (Å²) in [7, 11) is -3.70. The Kier molecular flexibility index (Phi) is 7.50. The van der Waals surface area contributed by atoms with Crippen LogP contribution < -0.4 is 14.5 Å². The third-order valence-electron chi connectivity index (χ3n) is 4.97. The average Bonchev–Trinajstić information content (AvgIpc) is 2.70. The molecule has 0 aromatic heterocycles. The lowest BCUT2D eigenvalue weighted by Crippen LogP contribution is -2.40. The number of carbonyl (C=O) groups is 1. The first-order valence-electron chi connectivity index (χ1n) is 9.77.